The number of hydrogen-bond donors (Lipinski definition) is 2. The third-order valence-electron chi connectivity index (χ3n) is 3.06. The topological polar surface area (TPSA) is 70.1 Å². The van der Waals surface area contributed by atoms with Crippen LogP contribution in [0.2, 0.25) is 5.02 Å². The number of aromatic nitrogens is 2. The van der Waals surface area contributed by atoms with Gasteiger partial charge in [0.1, 0.15) is 10.7 Å². The fourth-order valence-electron chi connectivity index (χ4n) is 1.64. The van der Waals surface area contributed by atoms with E-state index in [9.17, 15) is 4.79 Å². The summed E-state index contributed by atoms with van der Waals surface area (Å²) >= 11 is 5.85. The number of nitrogens with one attached hydrogen (secondary N) is 2. The smallest absolute Gasteiger partial charge is 0.275 e. The Labute approximate surface area is 121 Å². The second-order valence-electron chi connectivity index (χ2n) is 4.53. The lowest BCUT2D eigenvalue weighted by atomic mass is 10.0. The van der Waals surface area contributed by atoms with Gasteiger partial charge in [0.15, 0.2) is 0 Å². The maximum atomic E-state index is 11.3. The standard InChI is InChI=1S/C14H15ClN4O/c1-8-4-5-11(6-9(8)2)10(3)17-18-12-7-16-19-14(20)13(12)15/h4-7H,1-3H3,(H2,18,19,20)/b17-10-. The Morgan fingerprint density at radius 3 is 2.80 bits per heavy atom. The van der Waals surface area contributed by atoms with E-state index in [1.165, 1.54) is 17.3 Å². The molecule has 1 aromatic heterocycles. The lowest BCUT2D eigenvalue weighted by Crippen LogP contribution is -2.10. The Bertz CT molecular complexity index is 721. The van der Waals surface area contributed by atoms with Crippen LogP contribution in [-0.4, -0.2) is 15.9 Å². The van der Waals surface area contributed by atoms with Gasteiger partial charge in [0, 0.05) is 0 Å². The van der Waals surface area contributed by atoms with Crippen LogP contribution in [0.5, 0.6) is 0 Å². The Hall–Kier alpha value is -2.14. The van der Waals surface area contributed by atoms with E-state index < -0.39 is 5.56 Å². The van der Waals surface area contributed by atoms with Crippen molar-refractivity contribution >= 4 is 23.0 Å². The maximum Gasteiger partial charge on any atom is 0.285 e. The molecule has 6 heteroatoms. The van der Waals surface area contributed by atoms with E-state index in [1.54, 1.807) is 0 Å². The minimum atomic E-state index is -0.448. The highest BCUT2D eigenvalue weighted by atomic mass is 35.5. The Balaban J connectivity index is 2.24. The number of anilines is 1. The molecule has 1 aromatic carbocycles. The first kappa shape index (κ1) is 14.3. The highest BCUT2D eigenvalue weighted by molar-refractivity contribution is 6.32. The van der Waals surface area contributed by atoms with Crippen molar-refractivity contribution in [3.05, 3.63) is 56.5 Å². The lowest BCUT2D eigenvalue weighted by Gasteiger charge is -2.06. The lowest BCUT2D eigenvalue weighted by molar-refractivity contribution is 0.986. The largest absolute Gasteiger partial charge is 0.285 e. The molecular weight excluding hydrogens is 276 g/mol. The van der Waals surface area contributed by atoms with Crippen LogP contribution in [0, 0.1) is 13.8 Å². The summed E-state index contributed by atoms with van der Waals surface area (Å²) in [5.74, 6) is 0. The van der Waals surface area contributed by atoms with E-state index >= 15 is 0 Å². The monoisotopic (exact) mass is 290 g/mol. The molecule has 0 aliphatic carbocycles. The normalized spacial score (nSPS) is 11.5. The molecule has 2 N–H and O–H groups in total. The predicted octanol–water partition coefficient (Wildman–Crippen LogP) is 2.88. The molecule has 0 aliphatic rings. The van der Waals surface area contributed by atoms with Crippen LogP contribution >= 0.6 is 11.6 Å². The van der Waals surface area contributed by atoms with Crippen molar-refractivity contribution in [3.63, 3.8) is 0 Å². The average Bonchev–Trinajstić information content (AvgIpc) is 2.43. The Morgan fingerprint density at radius 1 is 1.35 bits per heavy atom. The number of rotatable bonds is 3. The molecule has 0 fully saturated rings. The second kappa shape index (κ2) is 5.88. The maximum absolute atomic E-state index is 11.3. The summed E-state index contributed by atoms with van der Waals surface area (Å²) in [5.41, 5.74) is 6.92. The zero-order valence-electron chi connectivity index (χ0n) is 11.5. The molecule has 0 unspecified atom stereocenters. The first-order valence-corrected chi connectivity index (χ1v) is 6.48. The molecule has 2 aromatic rings. The molecular formula is C14H15ClN4O. The molecule has 5 nitrogen and oxygen atoms in total. The summed E-state index contributed by atoms with van der Waals surface area (Å²) in [4.78, 5) is 11.3. The van der Waals surface area contributed by atoms with E-state index in [0.717, 1.165) is 11.3 Å². The predicted molar refractivity (Wildman–Crippen MR) is 81.6 cm³/mol. The van der Waals surface area contributed by atoms with Gasteiger partial charge in [-0.05, 0) is 43.5 Å². The molecule has 0 radical (unpaired) electrons. The number of hydrazone groups is 1. The molecule has 0 bridgehead atoms. The minimum Gasteiger partial charge on any atom is -0.275 e. The average molecular weight is 291 g/mol. The molecule has 0 saturated heterocycles. The van der Waals surface area contributed by atoms with E-state index in [4.69, 9.17) is 11.6 Å². The second-order valence-corrected chi connectivity index (χ2v) is 4.91. The first-order chi connectivity index (χ1) is 9.49. The first-order valence-electron chi connectivity index (χ1n) is 6.10. The van der Waals surface area contributed by atoms with E-state index in [1.807, 2.05) is 19.1 Å². The molecule has 0 amide bonds. The van der Waals surface area contributed by atoms with Gasteiger partial charge in [-0.15, -0.1) is 0 Å². The van der Waals surface area contributed by atoms with Gasteiger partial charge in [-0.25, -0.2) is 5.10 Å². The summed E-state index contributed by atoms with van der Waals surface area (Å²) in [6, 6.07) is 6.11. The summed E-state index contributed by atoms with van der Waals surface area (Å²) < 4.78 is 0. The minimum absolute atomic E-state index is 0.0386. The molecule has 1 heterocycles. The number of aromatic amines is 1. The highest BCUT2D eigenvalue weighted by Gasteiger charge is 2.04. The summed E-state index contributed by atoms with van der Waals surface area (Å²) in [6.07, 6.45) is 1.42. The van der Waals surface area contributed by atoms with Crippen LogP contribution in [0.15, 0.2) is 34.3 Å². The molecule has 20 heavy (non-hydrogen) atoms. The van der Waals surface area contributed by atoms with E-state index in [2.05, 4.69) is 40.6 Å². The van der Waals surface area contributed by atoms with Crippen molar-refractivity contribution in [2.45, 2.75) is 20.8 Å². The van der Waals surface area contributed by atoms with Gasteiger partial charge in [-0.2, -0.15) is 10.2 Å². The van der Waals surface area contributed by atoms with Gasteiger partial charge >= 0.3 is 0 Å². The van der Waals surface area contributed by atoms with Crippen molar-refractivity contribution in [3.8, 4) is 0 Å². The van der Waals surface area contributed by atoms with Crippen LogP contribution in [0.25, 0.3) is 0 Å². The summed E-state index contributed by atoms with van der Waals surface area (Å²) in [7, 11) is 0. The molecule has 2 rings (SSSR count). The number of benzene rings is 1. The van der Waals surface area contributed by atoms with Crippen LogP contribution in [-0.2, 0) is 0 Å². The van der Waals surface area contributed by atoms with Crippen molar-refractivity contribution in [2.75, 3.05) is 5.43 Å². The van der Waals surface area contributed by atoms with Crippen LogP contribution < -0.4 is 11.0 Å². The van der Waals surface area contributed by atoms with Crippen LogP contribution in [0.1, 0.15) is 23.6 Å². The fourth-order valence-corrected chi connectivity index (χ4v) is 1.77. The zero-order valence-corrected chi connectivity index (χ0v) is 12.2. The number of nitrogens with zero attached hydrogens (tertiary/aromatic N) is 2. The Kier molecular flexibility index (Phi) is 4.20. The molecule has 0 aliphatic heterocycles. The molecule has 104 valence electrons. The number of H-pyrrole nitrogens is 1. The zero-order chi connectivity index (χ0) is 14.7. The van der Waals surface area contributed by atoms with Gasteiger partial charge in [0.05, 0.1) is 11.9 Å². The van der Waals surface area contributed by atoms with E-state index in [-0.39, 0.29) is 5.02 Å². The van der Waals surface area contributed by atoms with E-state index in [0.29, 0.717) is 5.69 Å². The number of halogens is 1. The van der Waals surface area contributed by atoms with Crippen molar-refractivity contribution in [1.82, 2.24) is 10.2 Å². The highest BCUT2D eigenvalue weighted by Crippen LogP contribution is 2.15. The molecule has 0 saturated carbocycles. The van der Waals surface area contributed by atoms with Gasteiger partial charge in [-0.3, -0.25) is 10.2 Å². The van der Waals surface area contributed by atoms with Crippen LogP contribution in [0.4, 0.5) is 5.69 Å². The number of aryl methyl sites for hydroxylation is 2. The SMILES string of the molecule is C/C(=N/Nc1cn[nH]c(=O)c1Cl)c1ccc(C)c(C)c1. The summed E-state index contributed by atoms with van der Waals surface area (Å²) in [5, 5.41) is 10.2. The molecule has 0 spiro atoms. The van der Waals surface area contributed by atoms with Gasteiger partial charge in [0.2, 0.25) is 0 Å². The van der Waals surface area contributed by atoms with Gasteiger partial charge < -0.3 is 0 Å². The third kappa shape index (κ3) is 3.05. The van der Waals surface area contributed by atoms with Crippen LogP contribution in [0.3, 0.4) is 0 Å². The van der Waals surface area contributed by atoms with Gasteiger partial charge in [0.25, 0.3) is 5.56 Å². The van der Waals surface area contributed by atoms with Crippen molar-refractivity contribution in [1.29, 1.82) is 0 Å². The van der Waals surface area contributed by atoms with Crippen molar-refractivity contribution in [2.24, 2.45) is 5.10 Å². The third-order valence-corrected chi connectivity index (χ3v) is 3.44. The number of hydrogen-bond acceptors (Lipinski definition) is 4. The van der Waals surface area contributed by atoms with Crippen molar-refractivity contribution < 1.29 is 0 Å². The summed E-state index contributed by atoms with van der Waals surface area (Å²) in [6.45, 7) is 5.99. The quantitative estimate of drug-likeness (QED) is 0.674. The molecule has 0 atom stereocenters. The Morgan fingerprint density at radius 2 is 2.10 bits per heavy atom. The fraction of sp³-hybridized carbons (Fsp3) is 0.214. The van der Waals surface area contributed by atoms with Gasteiger partial charge in [-0.1, -0.05) is 23.7 Å².